The molecule has 0 bridgehead atoms. The van der Waals surface area contributed by atoms with E-state index in [2.05, 4.69) is 5.32 Å². The zero-order valence-corrected chi connectivity index (χ0v) is 12.7. The Labute approximate surface area is 128 Å². The third-order valence-electron chi connectivity index (χ3n) is 3.94. The van der Waals surface area contributed by atoms with E-state index in [0.29, 0.717) is 18.0 Å². The summed E-state index contributed by atoms with van der Waals surface area (Å²) >= 11 is 6.13. The largest absolute Gasteiger partial charge is 0.352 e. The van der Waals surface area contributed by atoms with Crippen molar-refractivity contribution in [3.05, 3.63) is 39.4 Å². The molecule has 0 spiro atoms. The molecule has 0 aliphatic heterocycles. The Morgan fingerprint density at radius 2 is 2.24 bits per heavy atom. The standard InChI is InChI=1S/C15H19ClN2O3/c1-10-4-2-7-13(18(20)21)14(10)15(19)17-9-11-5-3-6-12(16)8-11/h2,4,7,11-12H,3,5-6,8-9H2,1H3,(H,17,19). The van der Waals surface area contributed by atoms with Gasteiger partial charge in [0.2, 0.25) is 0 Å². The first-order valence-electron chi connectivity index (χ1n) is 7.15. The molecule has 1 fully saturated rings. The summed E-state index contributed by atoms with van der Waals surface area (Å²) in [5, 5.41) is 14.0. The molecule has 2 unspecified atom stereocenters. The average molecular weight is 311 g/mol. The quantitative estimate of drug-likeness (QED) is 0.526. The van der Waals surface area contributed by atoms with Crippen LogP contribution in [0.3, 0.4) is 0 Å². The van der Waals surface area contributed by atoms with Crippen LogP contribution >= 0.6 is 11.6 Å². The Hall–Kier alpha value is -1.62. The molecule has 1 aromatic rings. The van der Waals surface area contributed by atoms with E-state index in [1.165, 1.54) is 6.07 Å². The number of benzene rings is 1. The number of nitro benzene ring substituents is 1. The Morgan fingerprint density at radius 3 is 2.90 bits per heavy atom. The van der Waals surface area contributed by atoms with E-state index >= 15 is 0 Å². The van der Waals surface area contributed by atoms with Gasteiger partial charge in [-0.3, -0.25) is 14.9 Å². The molecule has 1 saturated carbocycles. The molecule has 0 aromatic heterocycles. The summed E-state index contributed by atoms with van der Waals surface area (Å²) in [4.78, 5) is 22.8. The van der Waals surface area contributed by atoms with Gasteiger partial charge in [0.1, 0.15) is 5.56 Å². The fourth-order valence-corrected chi connectivity index (χ4v) is 3.24. The van der Waals surface area contributed by atoms with Gasteiger partial charge in [-0.1, -0.05) is 18.6 Å². The van der Waals surface area contributed by atoms with Crippen molar-refractivity contribution in [3.63, 3.8) is 0 Å². The Balaban J connectivity index is 2.05. The van der Waals surface area contributed by atoms with Gasteiger partial charge < -0.3 is 5.32 Å². The molecular weight excluding hydrogens is 292 g/mol. The number of nitrogens with zero attached hydrogens (tertiary/aromatic N) is 1. The highest BCUT2D eigenvalue weighted by Gasteiger charge is 2.24. The number of carbonyl (C=O) groups excluding carboxylic acids is 1. The SMILES string of the molecule is Cc1cccc([N+](=O)[O-])c1C(=O)NCC1CCCC(Cl)C1. The van der Waals surface area contributed by atoms with Crippen LogP contribution in [0.1, 0.15) is 41.6 Å². The van der Waals surface area contributed by atoms with Crippen LogP contribution in [0.4, 0.5) is 5.69 Å². The number of halogens is 1. The summed E-state index contributed by atoms with van der Waals surface area (Å²) in [6, 6.07) is 4.65. The van der Waals surface area contributed by atoms with Crippen LogP contribution in [0, 0.1) is 23.0 Å². The van der Waals surface area contributed by atoms with Crippen LogP contribution in [0.5, 0.6) is 0 Å². The van der Waals surface area contributed by atoms with Crippen molar-refractivity contribution in [1.29, 1.82) is 0 Å². The summed E-state index contributed by atoms with van der Waals surface area (Å²) in [7, 11) is 0. The van der Waals surface area contributed by atoms with Crippen LogP contribution in [0.15, 0.2) is 18.2 Å². The topological polar surface area (TPSA) is 72.2 Å². The van der Waals surface area contributed by atoms with Crippen molar-refractivity contribution in [2.24, 2.45) is 5.92 Å². The van der Waals surface area contributed by atoms with Gasteiger partial charge in [0, 0.05) is 18.0 Å². The summed E-state index contributed by atoms with van der Waals surface area (Å²) in [6.07, 6.45) is 4.02. The number of nitro groups is 1. The van der Waals surface area contributed by atoms with E-state index in [4.69, 9.17) is 11.6 Å². The molecule has 1 aromatic carbocycles. The van der Waals surface area contributed by atoms with Crippen molar-refractivity contribution in [1.82, 2.24) is 5.32 Å². The van der Waals surface area contributed by atoms with Gasteiger partial charge in [-0.15, -0.1) is 11.6 Å². The van der Waals surface area contributed by atoms with Crippen LogP contribution in [-0.4, -0.2) is 22.8 Å². The predicted molar refractivity (Wildman–Crippen MR) is 81.8 cm³/mol. The van der Waals surface area contributed by atoms with Gasteiger partial charge in [-0.25, -0.2) is 0 Å². The molecule has 2 atom stereocenters. The summed E-state index contributed by atoms with van der Waals surface area (Å²) in [5.41, 5.74) is 0.618. The number of alkyl halides is 1. The summed E-state index contributed by atoms with van der Waals surface area (Å²) in [5.74, 6) is -0.0234. The van der Waals surface area contributed by atoms with Crippen LogP contribution in [0.2, 0.25) is 0 Å². The highest BCUT2D eigenvalue weighted by atomic mass is 35.5. The Morgan fingerprint density at radius 1 is 1.48 bits per heavy atom. The molecule has 6 heteroatoms. The van der Waals surface area contributed by atoms with Gasteiger partial charge in [0.25, 0.3) is 11.6 Å². The molecule has 1 N–H and O–H groups in total. The smallest absolute Gasteiger partial charge is 0.282 e. The van der Waals surface area contributed by atoms with E-state index in [1.54, 1.807) is 19.1 Å². The first-order valence-corrected chi connectivity index (χ1v) is 7.59. The van der Waals surface area contributed by atoms with Crippen molar-refractivity contribution >= 4 is 23.2 Å². The van der Waals surface area contributed by atoms with Crippen molar-refractivity contribution in [2.45, 2.75) is 38.0 Å². The van der Waals surface area contributed by atoms with Gasteiger partial charge in [-0.05, 0) is 37.7 Å². The monoisotopic (exact) mass is 310 g/mol. The van der Waals surface area contributed by atoms with Gasteiger partial charge in [0.15, 0.2) is 0 Å². The van der Waals surface area contributed by atoms with Gasteiger partial charge in [0.05, 0.1) is 4.92 Å². The minimum atomic E-state index is -0.517. The lowest BCUT2D eigenvalue weighted by Gasteiger charge is -2.25. The number of nitrogens with one attached hydrogen (secondary N) is 1. The van der Waals surface area contributed by atoms with Crippen molar-refractivity contribution < 1.29 is 9.72 Å². The molecular formula is C15H19ClN2O3. The molecule has 5 nitrogen and oxygen atoms in total. The molecule has 1 aliphatic carbocycles. The van der Waals surface area contributed by atoms with Crippen LogP contribution < -0.4 is 5.32 Å². The fraction of sp³-hybridized carbons (Fsp3) is 0.533. The maximum absolute atomic E-state index is 12.3. The lowest BCUT2D eigenvalue weighted by Crippen LogP contribution is -2.32. The second-order valence-corrected chi connectivity index (χ2v) is 6.18. The van der Waals surface area contributed by atoms with E-state index < -0.39 is 4.92 Å². The van der Waals surface area contributed by atoms with E-state index in [9.17, 15) is 14.9 Å². The molecule has 21 heavy (non-hydrogen) atoms. The van der Waals surface area contributed by atoms with Crippen molar-refractivity contribution in [2.75, 3.05) is 6.54 Å². The molecule has 0 saturated heterocycles. The maximum Gasteiger partial charge on any atom is 0.282 e. The Kier molecular flexibility index (Phi) is 5.17. The molecule has 1 amide bonds. The van der Waals surface area contributed by atoms with Crippen LogP contribution in [-0.2, 0) is 0 Å². The molecule has 0 radical (unpaired) electrons. The number of hydrogen-bond acceptors (Lipinski definition) is 3. The number of amides is 1. The van der Waals surface area contributed by atoms with Crippen LogP contribution in [0.25, 0.3) is 0 Å². The highest BCUT2D eigenvalue weighted by Crippen LogP contribution is 2.27. The number of hydrogen-bond donors (Lipinski definition) is 1. The van der Waals surface area contributed by atoms with Gasteiger partial charge in [-0.2, -0.15) is 0 Å². The molecule has 114 valence electrons. The zero-order chi connectivity index (χ0) is 15.4. The normalized spacial score (nSPS) is 21.8. The summed E-state index contributed by atoms with van der Waals surface area (Å²) in [6.45, 7) is 2.23. The molecule has 2 rings (SSSR count). The third-order valence-corrected chi connectivity index (χ3v) is 4.34. The van der Waals surface area contributed by atoms with E-state index in [0.717, 1.165) is 25.7 Å². The van der Waals surface area contributed by atoms with E-state index in [-0.39, 0.29) is 22.5 Å². The van der Waals surface area contributed by atoms with E-state index in [1.807, 2.05) is 0 Å². The lowest BCUT2D eigenvalue weighted by molar-refractivity contribution is -0.385. The summed E-state index contributed by atoms with van der Waals surface area (Å²) < 4.78 is 0. The number of rotatable bonds is 4. The minimum absolute atomic E-state index is 0.147. The lowest BCUT2D eigenvalue weighted by atomic mass is 9.89. The first kappa shape index (κ1) is 15.8. The van der Waals surface area contributed by atoms with Gasteiger partial charge >= 0.3 is 0 Å². The maximum atomic E-state index is 12.3. The second kappa shape index (κ2) is 6.89. The Bertz CT molecular complexity index is 548. The number of aryl methyl sites for hydroxylation is 1. The third kappa shape index (κ3) is 3.94. The number of carbonyl (C=O) groups is 1. The second-order valence-electron chi connectivity index (χ2n) is 5.57. The molecule has 0 heterocycles. The molecule has 1 aliphatic rings. The predicted octanol–water partition coefficient (Wildman–Crippen LogP) is 3.43. The first-order chi connectivity index (χ1) is 9.99. The average Bonchev–Trinajstić information content (AvgIpc) is 2.44. The van der Waals surface area contributed by atoms with Crippen molar-refractivity contribution in [3.8, 4) is 0 Å². The fourth-order valence-electron chi connectivity index (χ4n) is 2.84. The highest BCUT2D eigenvalue weighted by molar-refractivity contribution is 6.20. The minimum Gasteiger partial charge on any atom is -0.352 e. The zero-order valence-electron chi connectivity index (χ0n) is 12.0.